The van der Waals surface area contributed by atoms with Crippen molar-refractivity contribution in [3.63, 3.8) is 0 Å². The summed E-state index contributed by atoms with van der Waals surface area (Å²) >= 11 is 0. The lowest BCUT2D eigenvalue weighted by molar-refractivity contribution is 0.0491. The van der Waals surface area contributed by atoms with Gasteiger partial charge in [0.15, 0.2) is 5.58 Å². The first-order chi connectivity index (χ1) is 11.6. The average molecular weight is 323 g/mol. The molecular formula is C18H13NO5. The van der Waals surface area contributed by atoms with E-state index in [9.17, 15) is 14.7 Å². The average Bonchev–Trinajstić information content (AvgIpc) is 3.13. The molecule has 6 heteroatoms. The molecule has 0 atom stereocenters. The van der Waals surface area contributed by atoms with Gasteiger partial charge in [-0.05, 0) is 25.1 Å². The third kappa shape index (κ3) is 1.96. The first-order valence-electron chi connectivity index (χ1n) is 7.47. The number of aromatic nitrogens is 1. The molecule has 0 aliphatic rings. The van der Waals surface area contributed by atoms with Gasteiger partial charge in [0.2, 0.25) is 5.76 Å². The molecule has 0 saturated carbocycles. The van der Waals surface area contributed by atoms with Crippen molar-refractivity contribution in [1.82, 2.24) is 4.98 Å². The number of fused-ring (bicyclic) bond motifs is 4. The number of H-pyrrole nitrogens is 1. The number of carboxylic acid groups (broad SMARTS) is 1. The van der Waals surface area contributed by atoms with E-state index in [1.807, 2.05) is 30.3 Å². The van der Waals surface area contributed by atoms with E-state index < -0.39 is 11.9 Å². The Hall–Kier alpha value is -3.28. The number of hydrogen-bond donors (Lipinski definition) is 2. The van der Waals surface area contributed by atoms with Crippen LogP contribution in [-0.4, -0.2) is 28.6 Å². The Kier molecular flexibility index (Phi) is 3.06. The van der Waals surface area contributed by atoms with Gasteiger partial charge in [0.05, 0.1) is 12.1 Å². The van der Waals surface area contributed by atoms with Crippen LogP contribution < -0.4 is 0 Å². The number of benzene rings is 2. The van der Waals surface area contributed by atoms with Gasteiger partial charge < -0.3 is 19.2 Å². The van der Waals surface area contributed by atoms with Gasteiger partial charge in [0, 0.05) is 21.7 Å². The number of esters is 1. The molecule has 2 aromatic carbocycles. The summed E-state index contributed by atoms with van der Waals surface area (Å²) in [6, 6.07) is 10.9. The molecule has 2 N–H and O–H groups in total. The molecule has 0 saturated heterocycles. The van der Waals surface area contributed by atoms with Crippen LogP contribution in [0.5, 0.6) is 0 Å². The summed E-state index contributed by atoms with van der Waals surface area (Å²) in [5.74, 6) is -1.74. The highest BCUT2D eigenvalue weighted by atomic mass is 16.5. The fourth-order valence-corrected chi connectivity index (χ4v) is 2.99. The summed E-state index contributed by atoms with van der Waals surface area (Å²) in [7, 11) is 0. The molecule has 0 amide bonds. The predicted molar refractivity (Wildman–Crippen MR) is 88.5 cm³/mol. The van der Waals surface area contributed by atoms with E-state index >= 15 is 0 Å². The quantitative estimate of drug-likeness (QED) is 0.557. The van der Waals surface area contributed by atoms with Crippen molar-refractivity contribution in [3.8, 4) is 0 Å². The summed E-state index contributed by atoms with van der Waals surface area (Å²) in [4.78, 5) is 26.8. The third-order valence-electron chi connectivity index (χ3n) is 3.97. The van der Waals surface area contributed by atoms with E-state index in [0.717, 1.165) is 16.3 Å². The number of aromatic carboxylic acids is 1. The number of para-hydroxylation sites is 1. The molecule has 0 fully saturated rings. The molecule has 4 aromatic rings. The molecule has 4 rings (SSSR count). The topological polar surface area (TPSA) is 92.5 Å². The van der Waals surface area contributed by atoms with Crippen molar-refractivity contribution in [1.29, 1.82) is 0 Å². The molecular weight excluding hydrogens is 310 g/mol. The molecule has 2 aromatic heterocycles. The molecule has 0 aliphatic carbocycles. The summed E-state index contributed by atoms with van der Waals surface area (Å²) in [6.07, 6.45) is 0. The number of rotatable bonds is 3. The molecule has 0 unspecified atom stereocenters. The third-order valence-corrected chi connectivity index (χ3v) is 3.97. The maximum atomic E-state index is 11.9. The minimum atomic E-state index is -1.12. The summed E-state index contributed by atoms with van der Waals surface area (Å²) in [5.41, 5.74) is 1.48. The van der Waals surface area contributed by atoms with Gasteiger partial charge in [-0.1, -0.05) is 18.2 Å². The first-order valence-corrected chi connectivity index (χ1v) is 7.47. The monoisotopic (exact) mass is 323 g/mol. The number of carbonyl (C=O) groups is 2. The van der Waals surface area contributed by atoms with Gasteiger partial charge in [-0.25, -0.2) is 9.59 Å². The second-order valence-electron chi connectivity index (χ2n) is 5.40. The Morgan fingerprint density at radius 3 is 2.75 bits per heavy atom. The minimum absolute atomic E-state index is 0.00805. The van der Waals surface area contributed by atoms with E-state index in [-0.39, 0.29) is 23.5 Å². The van der Waals surface area contributed by atoms with Crippen LogP contribution in [0.3, 0.4) is 0 Å². The lowest BCUT2D eigenvalue weighted by Gasteiger charge is -2.00. The van der Waals surface area contributed by atoms with Crippen molar-refractivity contribution in [2.24, 2.45) is 0 Å². The van der Waals surface area contributed by atoms with Crippen LogP contribution in [0.25, 0.3) is 32.8 Å². The van der Waals surface area contributed by atoms with E-state index in [1.54, 1.807) is 6.92 Å². The van der Waals surface area contributed by atoms with Crippen LogP contribution in [0.15, 0.2) is 40.8 Å². The normalized spacial score (nSPS) is 11.4. The molecule has 120 valence electrons. The highest BCUT2D eigenvalue weighted by Crippen LogP contribution is 2.35. The van der Waals surface area contributed by atoms with Gasteiger partial charge in [0.25, 0.3) is 0 Å². The van der Waals surface area contributed by atoms with E-state index in [0.29, 0.717) is 10.9 Å². The SMILES string of the molecule is CCOC(=O)c1cc2cc3c([nH]c4ccccc43)c(C(=O)O)c2o1. The minimum Gasteiger partial charge on any atom is -0.477 e. The fourth-order valence-electron chi connectivity index (χ4n) is 2.99. The summed E-state index contributed by atoms with van der Waals surface area (Å²) in [5, 5.41) is 11.9. The second kappa shape index (κ2) is 5.13. The van der Waals surface area contributed by atoms with Crippen LogP contribution in [0.1, 0.15) is 27.8 Å². The van der Waals surface area contributed by atoms with Crippen LogP contribution in [-0.2, 0) is 4.74 Å². The van der Waals surface area contributed by atoms with Crippen LogP contribution >= 0.6 is 0 Å². The summed E-state index contributed by atoms with van der Waals surface area (Å²) < 4.78 is 10.4. The zero-order valence-corrected chi connectivity index (χ0v) is 12.8. The molecule has 2 heterocycles. The van der Waals surface area contributed by atoms with E-state index in [4.69, 9.17) is 9.15 Å². The Morgan fingerprint density at radius 1 is 1.21 bits per heavy atom. The first kappa shape index (κ1) is 14.3. The Labute approximate surface area is 135 Å². The largest absolute Gasteiger partial charge is 0.477 e. The number of carboxylic acids is 1. The molecule has 0 aliphatic heterocycles. The van der Waals surface area contributed by atoms with Gasteiger partial charge >= 0.3 is 11.9 Å². The lowest BCUT2D eigenvalue weighted by atomic mass is 10.1. The molecule has 0 bridgehead atoms. The van der Waals surface area contributed by atoms with Crippen molar-refractivity contribution in [2.75, 3.05) is 6.61 Å². The van der Waals surface area contributed by atoms with Crippen LogP contribution in [0.4, 0.5) is 0 Å². The van der Waals surface area contributed by atoms with Crippen molar-refractivity contribution >= 4 is 44.7 Å². The zero-order valence-electron chi connectivity index (χ0n) is 12.8. The standard InChI is InChI=1S/C18H13NO5/c1-2-23-18(22)13-8-9-7-11-10-5-3-4-6-12(10)19-15(11)14(17(20)21)16(9)24-13/h3-8,19H,2H2,1H3,(H,20,21). The van der Waals surface area contributed by atoms with E-state index in [1.165, 1.54) is 6.07 Å². The maximum absolute atomic E-state index is 11.9. The van der Waals surface area contributed by atoms with E-state index in [2.05, 4.69) is 4.98 Å². The molecule has 0 spiro atoms. The van der Waals surface area contributed by atoms with Gasteiger partial charge in [-0.15, -0.1) is 0 Å². The fraction of sp³-hybridized carbons (Fsp3) is 0.111. The lowest BCUT2D eigenvalue weighted by Crippen LogP contribution is -2.02. The Balaban J connectivity index is 2.10. The van der Waals surface area contributed by atoms with Gasteiger partial charge in [-0.3, -0.25) is 0 Å². The summed E-state index contributed by atoms with van der Waals surface area (Å²) in [6.45, 7) is 1.91. The second-order valence-corrected chi connectivity index (χ2v) is 5.40. The number of furan rings is 1. The molecule has 6 nitrogen and oxygen atoms in total. The highest BCUT2D eigenvalue weighted by molar-refractivity contribution is 6.20. The number of nitrogens with one attached hydrogen (secondary N) is 1. The number of hydrogen-bond acceptors (Lipinski definition) is 4. The van der Waals surface area contributed by atoms with Gasteiger partial charge in [0.1, 0.15) is 5.56 Å². The van der Waals surface area contributed by atoms with Crippen molar-refractivity contribution < 1.29 is 23.8 Å². The van der Waals surface area contributed by atoms with Crippen LogP contribution in [0.2, 0.25) is 0 Å². The maximum Gasteiger partial charge on any atom is 0.374 e. The predicted octanol–water partition coefficient (Wildman–Crippen LogP) is 3.94. The Morgan fingerprint density at radius 2 is 2.00 bits per heavy atom. The number of aromatic amines is 1. The number of ether oxygens (including phenoxy) is 1. The Bertz CT molecular complexity index is 1120. The molecule has 0 radical (unpaired) electrons. The van der Waals surface area contributed by atoms with Crippen molar-refractivity contribution in [2.45, 2.75) is 6.92 Å². The van der Waals surface area contributed by atoms with Crippen molar-refractivity contribution in [3.05, 3.63) is 47.7 Å². The highest BCUT2D eigenvalue weighted by Gasteiger charge is 2.23. The zero-order chi connectivity index (χ0) is 16.8. The molecule has 24 heavy (non-hydrogen) atoms. The smallest absolute Gasteiger partial charge is 0.374 e. The van der Waals surface area contributed by atoms with Gasteiger partial charge in [-0.2, -0.15) is 0 Å². The number of carbonyl (C=O) groups excluding carboxylic acids is 1. The van der Waals surface area contributed by atoms with Crippen LogP contribution in [0, 0.1) is 0 Å².